The zero-order valence-corrected chi connectivity index (χ0v) is 13.0. The van der Waals surface area contributed by atoms with Crippen LogP contribution in [0.2, 0.25) is 0 Å². The van der Waals surface area contributed by atoms with Crippen molar-refractivity contribution in [2.75, 3.05) is 7.11 Å². The Morgan fingerprint density at radius 2 is 1.62 bits per heavy atom. The summed E-state index contributed by atoms with van der Waals surface area (Å²) < 4.78 is 25.1. The zero-order chi connectivity index (χ0) is 17.8. The number of rotatable bonds is 1. The zero-order valence-electron chi connectivity index (χ0n) is 13.0. The molecule has 2 aliphatic carbocycles. The number of nitriles is 1. The average Bonchev–Trinajstić information content (AvgIpc) is 2.56. The number of Topliss-reactive ketones (excluding diaryl/α,β-unsaturated/α-hetero) is 2. The molecule has 4 atom stereocenters. The molecule has 0 aromatic carbocycles. The average molecular weight is 348 g/mol. The Balaban J connectivity index is 0. The van der Waals surface area contributed by atoms with Crippen molar-refractivity contribution in [3.8, 4) is 6.07 Å². The van der Waals surface area contributed by atoms with Gasteiger partial charge in [-0.1, -0.05) is 7.43 Å². The Kier molecular flexibility index (Phi) is 13.8. The summed E-state index contributed by atoms with van der Waals surface area (Å²) in [5.74, 6) is -1.32. The number of carbonyl (C=O) groups is 2. The van der Waals surface area contributed by atoms with E-state index in [0.717, 1.165) is 13.3 Å². The summed E-state index contributed by atoms with van der Waals surface area (Å²) in [6.45, 7) is 0. The number of hydrogen-bond donors (Lipinski definition) is 2. The van der Waals surface area contributed by atoms with Gasteiger partial charge in [-0.25, -0.2) is 8.78 Å². The fourth-order valence-electron chi connectivity index (χ4n) is 2.34. The van der Waals surface area contributed by atoms with Crippen LogP contribution in [0.5, 0.6) is 0 Å². The smallest absolute Gasteiger partial charge is 0.150 e. The van der Waals surface area contributed by atoms with E-state index in [4.69, 9.17) is 15.6 Å². The van der Waals surface area contributed by atoms with E-state index >= 15 is 0 Å². The highest BCUT2D eigenvalue weighted by Gasteiger charge is 2.28. The number of aliphatic hydroxyl groups is 1. The molecule has 4 unspecified atom stereocenters. The third-order valence-corrected chi connectivity index (χ3v) is 3.61. The fourth-order valence-corrected chi connectivity index (χ4v) is 2.34. The van der Waals surface area contributed by atoms with Gasteiger partial charge in [-0.2, -0.15) is 5.26 Å². The monoisotopic (exact) mass is 348 g/mol. The van der Waals surface area contributed by atoms with Crippen molar-refractivity contribution in [1.29, 1.82) is 5.26 Å². The normalized spacial score (nSPS) is 29.3. The lowest BCUT2D eigenvalue weighted by Crippen LogP contribution is -2.26. The molecule has 0 saturated heterocycles. The van der Waals surface area contributed by atoms with Gasteiger partial charge < -0.3 is 10.3 Å². The molecule has 0 amide bonds. The molecule has 2 saturated carbocycles. The van der Waals surface area contributed by atoms with Crippen LogP contribution in [0.1, 0.15) is 46.0 Å². The van der Waals surface area contributed by atoms with E-state index in [1.807, 2.05) is 0 Å². The Hall–Kier alpha value is -1.88. The standard InChI is InChI=1S/C7H10FNO2.C7H8FNO.CH4O.CH4/c8-6-1-2-7(10)5(3-6)4-9-11;8-6-1-2-7(10)5(3-6)4-9;1-2;/h4-6,11H,1-3H2;5-6H,1-3H2;2H,1H3;1H4/b9-4-;;;. The third-order valence-electron chi connectivity index (χ3n) is 3.61. The summed E-state index contributed by atoms with van der Waals surface area (Å²) in [5.41, 5.74) is 0. The van der Waals surface area contributed by atoms with Gasteiger partial charge in [0.05, 0.1) is 18.2 Å². The highest BCUT2D eigenvalue weighted by Crippen LogP contribution is 2.23. The van der Waals surface area contributed by atoms with Crippen molar-refractivity contribution in [2.24, 2.45) is 17.0 Å². The number of alkyl halides is 2. The molecular weight excluding hydrogens is 322 g/mol. The first-order valence-electron chi connectivity index (χ1n) is 7.33. The van der Waals surface area contributed by atoms with E-state index in [1.54, 1.807) is 6.07 Å². The lowest BCUT2D eigenvalue weighted by atomic mass is 9.88. The molecule has 2 fully saturated rings. The molecule has 0 aromatic rings. The topological polar surface area (TPSA) is 111 Å². The second-order valence-corrected chi connectivity index (χ2v) is 5.23. The number of carbonyl (C=O) groups excluding carboxylic acids is 2. The Morgan fingerprint density at radius 1 is 1.12 bits per heavy atom. The van der Waals surface area contributed by atoms with E-state index in [9.17, 15) is 18.4 Å². The molecule has 2 rings (SSSR count). The van der Waals surface area contributed by atoms with E-state index < -0.39 is 24.2 Å². The minimum absolute atomic E-state index is 0. The van der Waals surface area contributed by atoms with Gasteiger partial charge in [0.2, 0.25) is 0 Å². The number of ketones is 2. The van der Waals surface area contributed by atoms with E-state index in [1.165, 1.54) is 0 Å². The van der Waals surface area contributed by atoms with E-state index in [0.29, 0.717) is 12.8 Å². The van der Waals surface area contributed by atoms with Gasteiger partial charge >= 0.3 is 0 Å². The predicted molar refractivity (Wildman–Crippen MR) is 85.3 cm³/mol. The summed E-state index contributed by atoms with van der Waals surface area (Å²) in [7, 11) is 1.00. The van der Waals surface area contributed by atoms with Gasteiger partial charge in [-0.05, 0) is 19.3 Å². The highest BCUT2D eigenvalue weighted by molar-refractivity contribution is 5.95. The Morgan fingerprint density at radius 3 is 2.08 bits per heavy atom. The summed E-state index contributed by atoms with van der Waals surface area (Å²) in [4.78, 5) is 21.7. The molecule has 0 aliphatic heterocycles. The summed E-state index contributed by atoms with van der Waals surface area (Å²) in [6, 6.07) is 1.79. The predicted octanol–water partition coefficient (Wildman–Crippen LogP) is 2.62. The minimum atomic E-state index is -0.942. The van der Waals surface area contributed by atoms with Crippen LogP contribution < -0.4 is 0 Å². The number of hydrogen-bond acceptors (Lipinski definition) is 6. The summed E-state index contributed by atoms with van der Waals surface area (Å²) in [6.07, 6.45) is 0.632. The van der Waals surface area contributed by atoms with Crippen molar-refractivity contribution in [3.05, 3.63) is 0 Å². The van der Waals surface area contributed by atoms with Crippen molar-refractivity contribution < 1.29 is 28.7 Å². The first kappa shape index (κ1) is 24.4. The van der Waals surface area contributed by atoms with Crippen LogP contribution in [-0.2, 0) is 9.59 Å². The maximum Gasteiger partial charge on any atom is 0.150 e. The number of halogens is 2. The van der Waals surface area contributed by atoms with Crippen molar-refractivity contribution in [1.82, 2.24) is 0 Å². The van der Waals surface area contributed by atoms with E-state index in [-0.39, 0.29) is 44.7 Å². The van der Waals surface area contributed by atoms with E-state index in [2.05, 4.69) is 5.16 Å². The second kappa shape index (κ2) is 13.5. The van der Waals surface area contributed by atoms with Gasteiger partial charge in [-0.3, -0.25) is 9.59 Å². The molecule has 0 spiro atoms. The molecule has 0 aromatic heterocycles. The molecule has 0 radical (unpaired) electrons. The van der Waals surface area contributed by atoms with Gasteiger partial charge in [0.15, 0.2) is 0 Å². The second-order valence-electron chi connectivity index (χ2n) is 5.23. The van der Waals surface area contributed by atoms with Crippen molar-refractivity contribution >= 4 is 17.8 Å². The van der Waals surface area contributed by atoms with Crippen LogP contribution in [0.25, 0.3) is 0 Å². The van der Waals surface area contributed by atoms with Crippen LogP contribution in [0.4, 0.5) is 8.78 Å². The quantitative estimate of drug-likeness (QED) is 0.430. The van der Waals surface area contributed by atoms with Gasteiger partial charge in [0.1, 0.15) is 29.8 Å². The van der Waals surface area contributed by atoms with Crippen LogP contribution in [0, 0.1) is 23.2 Å². The van der Waals surface area contributed by atoms with Crippen LogP contribution in [0.15, 0.2) is 5.16 Å². The Bertz CT molecular complexity index is 452. The third kappa shape index (κ3) is 8.67. The van der Waals surface area contributed by atoms with Crippen molar-refractivity contribution in [2.45, 2.75) is 58.3 Å². The molecule has 0 bridgehead atoms. The largest absolute Gasteiger partial charge is 0.411 e. The molecular formula is C16H26F2N2O4. The molecule has 0 heterocycles. The maximum atomic E-state index is 12.6. The number of aliphatic hydroxyl groups excluding tert-OH is 1. The molecule has 24 heavy (non-hydrogen) atoms. The first-order chi connectivity index (χ1) is 11.0. The van der Waals surface area contributed by atoms with Gasteiger partial charge in [-0.15, -0.1) is 5.16 Å². The lowest BCUT2D eigenvalue weighted by Gasteiger charge is -2.19. The highest BCUT2D eigenvalue weighted by atomic mass is 19.1. The molecule has 138 valence electrons. The van der Waals surface area contributed by atoms with Crippen LogP contribution >= 0.6 is 0 Å². The van der Waals surface area contributed by atoms with Gasteiger partial charge in [0.25, 0.3) is 0 Å². The van der Waals surface area contributed by atoms with Crippen LogP contribution in [0.3, 0.4) is 0 Å². The summed E-state index contributed by atoms with van der Waals surface area (Å²) in [5, 5.41) is 26.2. The number of nitrogens with zero attached hydrogens (tertiary/aromatic N) is 2. The lowest BCUT2D eigenvalue weighted by molar-refractivity contribution is -0.124. The van der Waals surface area contributed by atoms with Gasteiger partial charge in [0, 0.05) is 26.4 Å². The fraction of sp³-hybridized carbons (Fsp3) is 0.750. The maximum absolute atomic E-state index is 12.6. The van der Waals surface area contributed by atoms with Crippen molar-refractivity contribution in [3.63, 3.8) is 0 Å². The number of oxime groups is 1. The molecule has 6 nitrogen and oxygen atoms in total. The molecule has 2 N–H and O–H groups in total. The SMILES string of the molecule is C.CO.N#CC1CC(F)CCC1=O.O=C1CCC(F)CC1/C=N\O. The Labute approximate surface area is 141 Å². The first-order valence-corrected chi connectivity index (χ1v) is 7.33. The minimum Gasteiger partial charge on any atom is -0.411 e. The molecule has 2 aliphatic rings. The summed E-state index contributed by atoms with van der Waals surface area (Å²) >= 11 is 0. The van der Waals surface area contributed by atoms with Crippen LogP contribution in [-0.4, -0.2) is 47.5 Å². The molecule has 8 heteroatoms.